The van der Waals surface area contributed by atoms with Crippen molar-refractivity contribution in [1.82, 2.24) is 0 Å². The first-order valence-corrected chi connectivity index (χ1v) is 42.2. The maximum absolute atomic E-state index is 12.9. The van der Waals surface area contributed by atoms with Gasteiger partial charge in [0.05, 0.1) is 26.4 Å². The van der Waals surface area contributed by atoms with Gasteiger partial charge in [0.15, 0.2) is 6.10 Å². The first-order chi connectivity index (χ1) is 48.2. The minimum absolute atomic E-state index is 0.0906. The second kappa shape index (κ2) is 73.9. The van der Waals surface area contributed by atoms with E-state index in [4.69, 9.17) is 32.3 Å². The number of carbonyl (C=O) groups excluding carboxylic acids is 3. The Hall–Kier alpha value is -3.79. The van der Waals surface area contributed by atoms with Crippen LogP contribution in [0.4, 0.5) is 0 Å². The number of carbonyl (C=O) groups is 3. The quantitative estimate of drug-likeness (QED) is 0.0146. The maximum atomic E-state index is 12.9. The zero-order valence-electron chi connectivity index (χ0n) is 62.4. The SMILES string of the molecule is CC/C=C\C/C=C\C/C=C\C/C=C\CCCCCCCCC(=O)OCC(COP(=O)(O)OCC(O)COP(=O)(O)OCC(O)COC(=O)CCCCCCCCCCCCCCCCC/C=C\C/C=C\C/C=C\C/C=C\CCCCC)OC(=O)CCCCCCC/C=C\CCCCCC. The highest BCUT2D eigenvalue weighted by Gasteiger charge is 2.29. The molecule has 0 aromatic heterocycles. The maximum Gasteiger partial charge on any atom is 0.472 e. The Kier molecular flexibility index (Phi) is 71.1. The van der Waals surface area contributed by atoms with Gasteiger partial charge in [0.2, 0.25) is 0 Å². The Bertz CT molecular complexity index is 2240. The fraction of sp³-hybridized carbons (Fsp3) is 0.741. The lowest BCUT2D eigenvalue weighted by molar-refractivity contribution is -0.161. The van der Waals surface area contributed by atoms with E-state index in [0.717, 1.165) is 141 Å². The van der Waals surface area contributed by atoms with E-state index < -0.39 is 91.5 Å². The Labute approximate surface area is 602 Å². The average Bonchev–Trinajstić information content (AvgIpc) is 1.06. The fourth-order valence-corrected chi connectivity index (χ4v) is 12.1. The standard InChI is InChI=1S/C81H142O16P2/c1-4-7-10-13-16-19-22-25-27-29-31-32-33-34-35-36-37-38-39-40-41-42-44-46-47-50-52-55-58-61-64-67-79(84)91-70-76(82)71-93-98(87,88)94-72-77(83)73-95-99(89,90)96-75-78(97-81(86)69-66-63-60-57-54-49-24-21-18-15-12-9-6-3)74-92-80(85)68-65-62-59-56-53-51-48-45-43-30-28-26-23-20-17-14-11-8-5-2/h8,11,16-17,19-21,24-28,31-32,34-35,43,45,76-78,82-83H,4-7,9-10,12-15,18,22-23,29-30,33,36-42,44,46-75H2,1-3H3,(H,87,88)(H,89,90)/b11-8-,19-16-,20-17-,24-21-,27-25-,28-26-,32-31-,35-34-,45-43-. The molecule has 5 unspecified atom stereocenters. The number of ether oxygens (including phenoxy) is 3. The van der Waals surface area contributed by atoms with E-state index in [9.17, 15) is 43.5 Å². The summed E-state index contributed by atoms with van der Waals surface area (Å²) in [5.74, 6) is -1.59. The molecule has 0 saturated heterocycles. The van der Waals surface area contributed by atoms with E-state index >= 15 is 0 Å². The smallest absolute Gasteiger partial charge is 0.463 e. The molecule has 0 saturated carbocycles. The monoisotopic (exact) mass is 1430 g/mol. The van der Waals surface area contributed by atoms with Gasteiger partial charge in [-0.05, 0) is 128 Å². The van der Waals surface area contributed by atoms with Gasteiger partial charge in [0.25, 0.3) is 0 Å². The first kappa shape index (κ1) is 95.2. The number of phosphoric acid groups is 2. The molecular weight excluding hydrogens is 1290 g/mol. The van der Waals surface area contributed by atoms with Gasteiger partial charge in [-0.25, -0.2) is 9.13 Å². The van der Waals surface area contributed by atoms with Gasteiger partial charge in [-0.3, -0.25) is 32.5 Å². The summed E-state index contributed by atoms with van der Waals surface area (Å²) in [4.78, 5) is 58.5. The summed E-state index contributed by atoms with van der Waals surface area (Å²) < 4.78 is 61.0. The van der Waals surface area contributed by atoms with Crippen molar-refractivity contribution in [2.75, 3.05) is 39.6 Å². The molecule has 0 heterocycles. The van der Waals surface area contributed by atoms with Gasteiger partial charge in [0.1, 0.15) is 25.4 Å². The van der Waals surface area contributed by atoms with Crippen LogP contribution in [0.5, 0.6) is 0 Å². The summed E-state index contributed by atoms with van der Waals surface area (Å²) >= 11 is 0. The molecule has 18 heteroatoms. The molecule has 0 fully saturated rings. The lowest BCUT2D eigenvalue weighted by Crippen LogP contribution is -2.30. The number of hydrogen-bond acceptors (Lipinski definition) is 14. The molecule has 0 aliphatic rings. The third-order valence-electron chi connectivity index (χ3n) is 16.5. The highest BCUT2D eigenvalue weighted by molar-refractivity contribution is 7.47. The molecule has 4 N–H and O–H groups in total. The summed E-state index contributed by atoms with van der Waals surface area (Å²) in [6, 6.07) is 0. The second-order valence-corrected chi connectivity index (χ2v) is 29.0. The van der Waals surface area contributed by atoms with Crippen LogP contribution in [0.2, 0.25) is 0 Å². The normalized spacial score (nSPS) is 14.6. The van der Waals surface area contributed by atoms with E-state index in [1.807, 2.05) is 0 Å². The van der Waals surface area contributed by atoms with Gasteiger partial charge < -0.3 is 34.2 Å². The molecule has 16 nitrogen and oxygen atoms in total. The van der Waals surface area contributed by atoms with Gasteiger partial charge >= 0.3 is 33.6 Å². The van der Waals surface area contributed by atoms with Crippen molar-refractivity contribution in [2.45, 2.75) is 347 Å². The summed E-state index contributed by atoms with van der Waals surface area (Å²) in [6.45, 7) is 2.52. The Morgan fingerprint density at radius 2 is 0.535 bits per heavy atom. The zero-order valence-corrected chi connectivity index (χ0v) is 64.2. The summed E-state index contributed by atoms with van der Waals surface area (Å²) in [6.07, 6.45) is 85.8. The largest absolute Gasteiger partial charge is 0.472 e. The molecule has 0 amide bonds. The molecule has 0 aliphatic carbocycles. The van der Waals surface area contributed by atoms with Gasteiger partial charge in [0, 0.05) is 19.3 Å². The van der Waals surface area contributed by atoms with Crippen molar-refractivity contribution in [2.24, 2.45) is 0 Å². The number of rotatable bonds is 74. The van der Waals surface area contributed by atoms with E-state index in [1.165, 1.54) is 128 Å². The van der Waals surface area contributed by atoms with E-state index in [-0.39, 0.29) is 19.3 Å². The molecule has 572 valence electrons. The van der Waals surface area contributed by atoms with Crippen LogP contribution in [0, 0.1) is 0 Å². The molecule has 0 rings (SSSR count). The third-order valence-corrected chi connectivity index (χ3v) is 18.4. The topological polar surface area (TPSA) is 231 Å². The van der Waals surface area contributed by atoms with E-state index in [0.29, 0.717) is 19.3 Å². The van der Waals surface area contributed by atoms with Crippen molar-refractivity contribution < 1.29 is 75.8 Å². The molecule has 0 spiro atoms. The van der Waals surface area contributed by atoms with Crippen LogP contribution in [0.15, 0.2) is 109 Å². The van der Waals surface area contributed by atoms with Crippen molar-refractivity contribution >= 4 is 33.6 Å². The fourth-order valence-electron chi connectivity index (χ4n) is 10.5. The van der Waals surface area contributed by atoms with Crippen molar-refractivity contribution in [1.29, 1.82) is 0 Å². The summed E-state index contributed by atoms with van der Waals surface area (Å²) in [5, 5.41) is 20.6. The Morgan fingerprint density at radius 1 is 0.293 bits per heavy atom. The highest BCUT2D eigenvalue weighted by atomic mass is 31.2. The van der Waals surface area contributed by atoms with Gasteiger partial charge in [-0.1, -0.05) is 291 Å². The molecule has 0 aromatic carbocycles. The highest BCUT2D eigenvalue weighted by Crippen LogP contribution is 2.45. The van der Waals surface area contributed by atoms with Crippen LogP contribution in [0.25, 0.3) is 0 Å². The number of aliphatic hydroxyl groups excluding tert-OH is 2. The first-order valence-electron chi connectivity index (χ1n) is 39.2. The van der Waals surface area contributed by atoms with Gasteiger partial charge in [-0.15, -0.1) is 0 Å². The zero-order chi connectivity index (χ0) is 72.3. The predicted octanol–water partition coefficient (Wildman–Crippen LogP) is 22.8. The van der Waals surface area contributed by atoms with Crippen LogP contribution >= 0.6 is 15.6 Å². The van der Waals surface area contributed by atoms with Crippen LogP contribution < -0.4 is 0 Å². The molecule has 5 atom stereocenters. The lowest BCUT2D eigenvalue weighted by Gasteiger charge is -2.21. The number of hydrogen-bond donors (Lipinski definition) is 4. The van der Waals surface area contributed by atoms with Gasteiger partial charge in [-0.2, -0.15) is 0 Å². The van der Waals surface area contributed by atoms with Crippen LogP contribution in [-0.2, 0) is 55.8 Å². The molecule has 0 aromatic rings. The molecule has 0 radical (unpaired) electrons. The number of esters is 3. The van der Waals surface area contributed by atoms with Crippen LogP contribution in [0.1, 0.15) is 329 Å². The van der Waals surface area contributed by atoms with E-state index in [2.05, 4.69) is 130 Å². The Morgan fingerprint density at radius 3 is 0.879 bits per heavy atom. The number of phosphoric ester groups is 2. The average molecular weight is 1430 g/mol. The van der Waals surface area contributed by atoms with Crippen molar-refractivity contribution in [3.8, 4) is 0 Å². The minimum Gasteiger partial charge on any atom is -0.463 e. The molecule has 0 aliphatic heterocycles. The van der Waals surface area contributed by atoms with Crippen molar-refractivity contribution in [3.63, 3.8) is 0 Å². The van der Waals surface area contributed by atoms with Crippen LogP contribution in [-0.4, -0.2) is 95.9 Å². The summed E-state index contributed by atoms with van der Waals surface area (Å²) in [5.41, 5.74) is 0. The summed E-state index contributed by atoms with van der Waals surface area (Å²) in [7, 11) is -9.79. The van der Waals surface area contributed by atoms with Crippen LogP contribution in [0.3, 0.4) is 0 Å². The number of aliphatic hydroxyl groups is 2. The Balaban J connectivity index is 4.44. The molecular formula is C81H142O16P2. The van der Waals surface area contributed by atoms with E-state index in [1.54, 1.807) is 0 Å². The molecule has 99 heavy (non-hydrogen) atoms. The van der Waals surface area contributed by atoms with Crippen molar-refractivity contribution in [3.05, 3.63) is 109 Å². The number of unbranched alkanes of at least 4 members (excludes halogenated alkanes) is 33. The number of allylic oxidation sites excluding steroid dienone is 18. The second-order valence-electron chi connectivity index (χ2n) is 26.1. The lowest BCUT2D eigenvalue weighted by atomic mass is 10.0. The minimum atomic E-state index is -4.93. The third kappa shape index (κ3) is 75.2. The predicted molar refractivity (Wildman–Crippen MR) is 408 cm³/mol. The molecule has 0 bridgehead atoms.